The summed E-state index contributed by atoms with van der Waals surface area (Å²) in [6.45, 7) is 2.70. The van der Waals surface area contributed by atoms with Gasteiger partial charge in [0.2, 0.25) is 0 Å². The van der Waals surface area contributed by atoms with Crippen molar-refractivity contribution < 1.29 is 14.0 Å². The van der Waals surface area contributed by atoms with Gasteiger partial charge in [0.05, 0.1) is 26.7 Å². The number of ether oxygens (including phenoxy) is 1. The highest BCUT2D eigenvalue weighted by Crippen LogP contribution is 2.25. The van der Waals surface area contributed by atoms with E-state index in [9.17, 15) is 4.79 Å². The molecule has 0 bridgehead atoms. The maximum absolute atomic E-state index is 12.9. The van der Waals surface area contributed by atoms with Crippen molar-refractivity contribution >= 4 is 16.9 Å². The molecule has 0 saturated heterocycles. The predicted molar refractivity (Wildman–Crippen MR) is 101 cm³/mol. The highest BCUT2D eigenvalue weighted by atomic mass is 16.5. The van der Waals surface area contributed by atoms with Gasteiger partial charge in [-0.15, -0.1) is 0 Å². The molecule has 1 unspecified atom stereocenters. The molecule has 130 valence electrons. The molecule has 0 saturated carbocycles. The van der Waals surface area contributed by atoms with Crippen LogP contribution in [-0.2, 0) is 4.74 Å². The number of esters is 1. The molecule has 4 heteroatoms. The van der Waals surface area contributed by atoms with Gasteiger partial charge in [-0.3, -0.25) is 0 Å². The molecular formula is C21H25N2O2+. The summed E-state index contributed by atoms with van der Waals surface area (Å²) in [4.78, 5) is 12.9. The second-order valence-corrected chi connectivity index (χ2v) is 7.45. The SMILES string of the molecule is CC(C[N+](C)(C)C)OC(=O)c1cc2ccccc2n1-c1ccccc1. The third-order valence-corrected chi connectivity index (χ3v) is 4.05. The Morgan fingerprint density at radius 2 is 1.68 bits per heavy atom. The van der Waals surface area contributed by atoms with Crippen LogP contribution in [0.1, 0.15) is 17.4 Å². The number of hydrogen-bond acceptors (Lipinski definition) is 2. The summed E-state index contributed by atoms with van der Waals surface area (Å²) in [6, 6.07) is 19.8. The molecule has 1 atom stereocenters. The van der Waals surface area contributed by atoms with E-state index in [-0.39, 0.29) is 12.1 Å². The summed E-state index contributed by atoms with van der Waals surface area (Å²) in [6.07, 6.45) is -0.158. The first-order chi connectivity index (χ1) is 11.8. The van der Waals surface area contributed by atoms with Crippen molar-refractivity contribution in [3.05, 3.63) is 66.4 Å². The maximum atomic E-state index is 12.9. The number of rotatable bonds is 5. The van der Waals surface area contributed by atoms with Crippen LogP contribution in [0, 0.1) is 0 Å². The third-order valence-electron chi connectivity index (χ3n) is 4.05. The van der Waals surface area contributed by atoms with Crippen molar-refractivity contribution in [3.63, 3.8) is 0 Å². The minimum Gasteiger partial charge on any atom is -0.452 e. The molecule has 0 aliphatic heterocycles. The molecule has 0 amide bonds. The monoisotopic (exact) mass is 337 g/mol. The van der Waals surface area contributed by atoms with E-state index < -0.39 is 0 Å². The summed E-state index contributed by atoms with van der Waals surface area (Å²) in [5.74, 6) is -0.291. The fraction of sp³-hybridized carbons (Fsp3) is 0.286. The normalized spacial score (nSPS) is 13.0. The van der Waals surface area contributed by atoms with Crippen molar-refractivity contribution in [2.75, 3.05) is 27.7 Å². The van der Waals surface area contributed by atoms with E-state index in [1.54, 1.807) is 0 Å². The molecule has 3 aromatic rings. The number of quaternary nitrogens is 1. The molecule has 0 N–H and O–H groups in total. The van der Waals surface area contributed by atoms with Crippen LogP contribution in [0.25, 0.3) is 16.6 Å². The van der Waals surface area contributed by atoms with E-state index in [1.807, 2.05) is 72.2 Å². The Balaban J connectivity index is 2.00. The fourth-order valence-corrected chi connectivity index (χ4v) is 3.21. The molecule has 1 heterocycles. The van der Waals surface area contributed by atoms with Crippen LogP contribution in [0.4, 0.5) is 0 Å². The molecule has 1 aromatic heterocycles. The molecular weight excluding hydrogens is 312 g/mol. The summed E-state index contributed by atoms with van der Waals surface area (Å²) in [5, 5.41) is 1.03. The number of aromatic nitrogens is 1. The first kappa shape index (κ1) is 17.2. The number of carbonyl (C=O) groups excluding carboxylic acids is 1. The molecule has 0 radical (unpaired) electrons. The topological polar surface area (TPSA) is 31.2 Å². The van der Waals surface area contributed by atoms with Gasteiger partial charge in [-0.05, 0) is 31.2 Å². The number of fused-ring (bicyclic) bond motifs is 1. The highest BCUT2D eigenvalue weighted by molar-refractivity contribution is 5.97. The van der Waals surface area contributed by atoms with Gasteiger partial charge in [0.1, 0.15) is 18.3 Å². The van der Waals surface area contributed by atoms with Crippen molar-refractivity contribution in [1.82, 2.24) is 4.57 Å². The van der Waals surface area contributed by atoms with E-state index in [4.69, 9.17) is 4.74 Å². The van der Waals surface area contributed by atoms with Gasteiger partial charge in [0.15, 0.2) is 0 Å². The van der Waals surface area contributed by atoms with Gasteiger partial charge in [-0.25, -0.2) is 4.79 Å². The first-order valence-corrected chi connectivity index (χ1v) is 8.52. The van der Waals surface area contributed by atoms with Crippen LogP contribution in [0.2, 0.25) is 0 Å². The van der Waals surface area contributed by atoms with E-state index in [0.29, 0.717) is 5.69 Å². The van der Waals surface area contributed by atoms with Crippen LogP contribution in [0.15, 0.2) is 60.7 Å². The van der Waals surface area contributed by atoms with E-state index in [1.165, 1.54) is 0 Å². The molecule has 0 aliphatic rings. The second-order valence-electron chi connectivity index (χ2n) is 7.45. The lowest BCUT2D eigenvalue weighted by Gasteiger charge is -2.27. The van der Waals surface area contributed by atoms with Crippen LogP contribution >= 0.6 is 0 Å². The van der Waals surface area contributed by atoms with Crippen LogP contribution < -0.4 is 0 Å². The zero-order valence-electron chi connectivity index (χ0n) is 15.3. The molecule has 4 nitrogen and oxygen atoms in total. The van der Waals surface area contributed by atoms with Crippen LogP contribution in [0.5, 0.6) is 0 Å². The smallest absolute Gasteiger partial charge is 0.355 e. The fourth-order valence-electron chi connectivity index (χ4n) is 3.21. The van der Waals surface area contributed by atoms with Gasteiger partial charge < -0.3 is 13.8 Å². The Morgan fingerprint density at radius 3 is 2.36 bits per heavy atom. The predicted octanol–water partition coefficient (Wildman–Crippen LogP) is 3.88. The molecule has 0 aliphatic carbocycles. The van der Waals surface area contributed by atoms with Crippen molar-refractivity contribution in [2.24, 2.45) is 0 Å². The third kappa shape index (κ3) is 3.91. The molecule has 3 rings (SSSR count). The first-order valence-electron chi connectivity index (χ1n) is 8.52. The minimum absolute atomic E-state index is 0.158. The summed E-state index contributed by atoms with van der Waals surface area (Å²) >= 11 is 0. The number of likely N-dealkylation sites (N-methyl/N-ethyl adjacent to an activating group) is 1. The maximum Gasteiger partial charge on any atom is 0.355 e. The Hall–Kier alpha value is -2.59. The number of hydrogen-bond donors (Lipinski definition) is 0. The quantitative estimate of drug-likeness (QED) is 0.522. The van der Waals surface area contributed by atoms with Crippen LogP contribution in [-0.4, -0.2) is 48.8 Å². The number of nitrogens with zero attached hydrogens (tertiary/aromatic N) is 2. The second kappa shape index (κ2) is 6.73. The minimum atomic E-state index is -0.291. The number of carbonyl (C=O) groups is 1. The largest absolute Gasteiger partial charge is 0.452 e. The Morgan fingerprint density at radius 1 is 1.04 bits per heavy atom. The molecule has 0 fully saturated rings. The average molecular weight is 337 g/mol. The molecule has 25 heavy (non-hydrogen) atoms. The zero-order valence-corrected chi connectivity index (χ0v) is 15.3. The molecule has 2 aromatic carbocycles. The Labute approximate surface area is 148 Å². The van der Waals surface area contributed by atoms with Crippen LogP contribution in [0.3, 0.4) is 0 Å². The van der Waals surface area contributed by atoms with E-state index >= 15 is 0 Å². The van der Waals surface area contributed by atoms with Gasteiger partial charge >= 0.3 is 5.97 Å². The van der Waals surface area contributed by atoms with Crippen molar-refractivity contribution in [1.29, 1.82) is 0 Å². The van der Waals surface area contributed by atoms with Gasteiger partial charge in [-0.2, -0.15) is 0 Å². The van der Waals surface area contributed by atoms with Crippen molar-refractivity contribution in [2.45, 2.75) is 13.0 Å². The number of benzene rings is 2. The van der Waals surface area contributed by atoms with Crippen molar-refractivity contribution in [3.8, 4) is 5.69 Å². The number of para-hydroxylation sites is 2. The highest BCUT2D eigenvalue weighted by Gasteiger charge is 2.22. The lowest BCUT2D eigenvalue weighted by Crippen LogP contribution is -2.42. The van der Waals surface area contributed by atoms with E-state index in [2.05, 4.69) is 21.1 Å². The summed E-state index contributed by atoms with van der Waals surface area (Å²) in [7, 11) is 6.27. The average Bonchev–Trinajstić information content (AvgIpc) is 2.93. The van der Waals surface area contributed by atoms with E-state index in [0.717, 1.165) is 27.6 Å². The Kier molecular flexibility index (Phi) is 4.64. The molecule has 0 spiro atoms. The lowest BCUT2D eigenvalue weighted by atomic mass is 10.2. The Bertz CT molecular complexity index is 876. The summed E-state index contributed by atoms with van der Waals surface area (Å²) < 4.78 is 8.44. The van der Waals surface area contributed by atoms with Gasteiger partial charge in [0.25, 0.3) is 0 Å². The lowest BCUT2D eigenvalue weighted by molar-refractivity contribution is -0.873. The summed E-state index contributed by atoms with van der Waals surface area (Å²) in [5.41, 5.74) is 2.51. The zero-order chi connectivity index (χ0) is 18.0. The van der Waals surface area contributed by atoms with Gasteiger partial charge in [0, 0.05) is 11.1 Å². The standard InChI is InChI=1S/C21H25N2O2/c1-16(15-23(2,3)4)25-21(24)20-14-17-10-8-9-13-19(17)22(20)18-11-6-5-7-12-18/h5-14,16H,15H2,1-4H3/q+1. The van der Waals surface area contributed by atoms with Gasteiger partial charge in [-0.1, -0.05) is 36.4 Å².